The molecule has 0 fully saturated rings. The molecule has 0 spiro atoms. The molecule has 0 bridgehead atoms. The summed E-state index contributed by atoms with van der Waals surface area (Å²) in [5.74, 6) is -0.675. The Morgan fingerprint density at radius 1 is 1.16 bits per heavy atom. The summed E-state index contributed by atoms with van der Waals surface area (Å²) in [5, 5.41) is 9.27. The SMILES string of the molecule is CC(C)c1ccc(S(=O)(=O)N2C[C@H](C(=O)O)Oc3ccccc32)cc1. The van der Waals surface area contributed by atoms with Crippen LogP contribution in [0.2, 0.25) is 0 Å². The van der Waals surface area contributed by atoms with E-state index in [1.165, 1.54) is 0 Å². The number of benzene rings is 2. The van der Waals surface area contributed by atoms with Crippen molar-refractivity contribution < 1.29 is 23.1 Å². The highest BCUT2D eigenvalue weighted by atomic mass is 32.2. The van der Waals surface area contributed by atoms with Crippen molar-refractivity contribution >= 4 is 21.7 Å². The highest BCUT2D eigenvalue weighted by Gasteiger charge is 2.37. The Balaban J connectivity index is 2.05. The number of carboxylic acid groups (broad SMARTS) is 1. The van der Waals surface area contributed by atoms with E-state index in [1.807, 2.05) is 13.8 Å². The van der Waals surface area contributed by atoms with E-state index >= 15 is 0 Å². The van der Waals surface area contributed by atoms with E-state index in [2.05, 4.69) is 0 Å². The zero-order valence-electron chi connectivity index (χ0n) is 13.9. The van der Waals surface area contributed by atoms with Crippen LogP contribution in [0.15, 0.2) is 53.4 Å². The number of anilines is 1. The van der Waals surface area contributed by atoms with Gasteiger partial charge in [0.05, 0.1) is 17.1 Å². The van der Waals surface area contributed by atoms with Gasteiger partial charge in [-0.25, -0.2) is 13.2 Å². The minimum absolute atomic E-state index is 0.123. The summed E-state index contributed by atoms with van der Waals surface area (Å²) >= 11 is 0. The maximum Gasteiger partial charge on any atom is 0.346 e. The lowest BCUT2D eigenvalue weighted by atomic mass is 10.0. The Hall–Kier alpha value is -2.54. The van der Waals surface area contributed by atoms with Crippen molar-refractivity contribution in [3.05, 3.63) is 54.1 Å². The Kier molecular flexibility index (Phi) is 4.43. The molecule has 6 nitrogen and oxygen atoms in total. The lowest BCUT2D eigenvalue weighted by Crippen LogP contribution is -2.47. The summed E-state index contributed by atoms with van der Waals surface area (Å²) in [4.78, 5) is 11.5. The van der Waals surface area contributed by atoms with Crippen molar-refractivity contribution in [2.45, 2.75) is 30.8 Å². The third-order valence-electron chi connectivity index (χ3n) is 4.15. The predicted molar refractivity (Wildman–Crippen MR) is 93.6 cm³/mol. The average molecular weight is 361 g/mol. The number of fused-ring (bicyclic) bond motifs is 1. The summed E-state index contributed by atoms with van der Waals surface area (Å²) in [6.07, 6.45) is -1.25. The molecule has 1 aliphatic heterocycles. The molecule has 0 aromatic heterocycles. The first-order valence-electron chi connectivity index (χ1n) is 7.92. The second-order valence-corrected chi connectivity index (χ2v) is 8.03. The summed E-state index contributed by atoms with van der Waals surface area (Å²) in [6, 6.07) is 13.2. The molecular formula is C18H19NO5S. The van der Waals surface area contributed by atoms with Crippen LogP contribution in [0.1, 0.15) is 25.3 Å². The molecule has 1 aliphatic rings. The highest BCUT2D eigenvalue weighted by molar-refractivity contribution is 7.92. The van der Waals surface area contributed by atoms with E-state index in [0.29, 0.717) is 5.69 Å². The van der Waals surface area contributed by atoms with E-state index < -0.39 is 22.1 Å². The number of nitrogens with zero attached hydrogens (tertiary/aromatic N) is 1. The van der Waals surface area contributed by atoms with Gasteiger partial charge >= 0.3 is 5.97 Å². The van der Waals surface area contributed by atoms with E-state index in [4.69, 9.17) is 4.74 Å². The van der Waals surface area contributed by atoms with Gasteiger partial charge in [0.1, 0.15) is 5.75 Å². The molecule has 0 amide bonds. The predicted octanol–water partition coefficient (Wildman–Crippen LogP) is 2.85. The van der Waals surface area contributed by atoms with Gasteiger partial charge in [0.2, 0.25) is 6.10 Å². The Labute approximate surface area is 146 Å². The Morgan fingerprint density at radius 2 is 1.80 bits per heavy atom. The van der Waals surface area contributed by atoms with E-state index in [9.17, 15) is 18.3 Å². The molecule has 25 heavy (non-hydrogen) atoms. The van der Waals surface area contributed by atoms with Gasteiger partial charge in [-0.05, 0) is 35.7 Å². The van der Waals surface area contributed by atoms with Crippen LogP contribution < -0.4 is 9.04 Å². The first-order chi connectivity index (χ1) is 11.8. The number of carboxylic acids is 1. The first-order valence-corrected chi connectivity index (χ1v) is 9.36. The van der Waals surface area contributed by atoms with Crippen LogP contribution in [0.25, 0.3) is 0 Å². The van der Waals surface area contributed by atoms with Crippen LogP contribution in [-0.2, 0) is 14.8 Å². The van der Waals surface area contributed by atoms with Gasteiger partial charge in [0, 0.05) is 0 Å². The molecule has 3 rings (SSSR count). The third-order valence-corrected chi connectivity index (χ3v) is 5.94. The molecule has 2 aromatic carbocycles. The van der Waals surface area contributed by atoms with Gasteiger partial charge in [0.15, 0.2) is 0 Å². The number of carbonyl (C=O) groups is 1. The average Bonchev–Trinajstić information content (AvgIpc) is 2.60. The molecular weight excluding hydrogens is 342 g/mol. The lowest BCUT2D eigenvalue weighted by Gasteiger charge is -2.33. The van der Waals surface area contributed by atoms with Crippen molar-refractivity contribution in [1.82, 2.24) is 0 Å². The number of ether oxygens (including phenoxy) is 1. The smallest absolute Gasteiger partial charge is 0.346 e. The molecule has 0 radical (unpaired) electrons. The van der Waals surface area contributed by atoms with Crippen LogP contribution in [0.4, 0.5) is 5.69 Å². The van der Waals surface area contributed by atoms with Gasteiger partial charge < -0.3 is 9.84 Å². The number of aliphatic carboxylic acids is 1. The minimum atomic E-state index is -3.89. The van der Waals surface area contributed by atoms with Crippen LogP contribution in [-0.4, -0.2) is 32.1 Å². The largest absolute Gasteiger partial charge is 0.478 e. The van der Waals surface area contributed by atoms with Gasteiger partial charge in [0.25, 0.3) is 10.0 Å². The topological polar surface area (TPSA) is 83.9 Å². The molecule has 0 saturated heterocycles. The van der Waals surface area contributed by atoms with Crippen LogP contribution in [0.5, 0.6) is 5.75 Å². The van der Waals surface area contributed by atoms with Gasteiger partial charge in [-0.3, -0.25) is 4.31 Å². The van der Waals surface area contributed by atoms with E-state index in [-0.39, 0.29) is 23.1 Å². The first kappa shape index (κ1) is 17.3. The molecule has 132 valence electrons. The summed E-state index contributed by atoms with van der Waals surface area (Å²) < 4.78 is 32.7. The normalized spacial score (nSPS) is 17.1. The Morgan fingerprint density at radius 3 is 2.40 bits per heavy atom. The molecule has 0 unspecified atom stereocenters. The van der Waals surface area contributed by atoms with Gasteiger partial charge in [-0.15, -0.1) is 0 Å². The van der Waals surface area contributed by atoms with Crippen molar-refractivity contribution in [2.24, 2.45) is 0 Å². The number of sulfonamides is 1. The minimum Gasteiger partial charge on any atom is -0.478 e. The fraction of sp³-hybridized carbons (Fsp3) is 0.278. The second-order valence-electron chi connectivity index (χ2n) is 6.17. The zero-order chi connectivity index (χ0) is 18.2. The zero-order valence-corrected chi connectivity index (χ0v) is 14.7. The quantitative estimate of drug-likeness (QED) is 0.905. The van der Waals surface area contributed by atoms with Crippen molar-refractivity contribution in [2.75, 3.05) is 10.8 Å². The van der Waals surface area contributed by atoms with E-state index in [0.717, 1.165) is 9.87 Å². The number of hydrogen-bond acceptors (Lipinski definition) is 4. The summed E-state index contributed by atoms with van der Waals surface area (Å²) in [5.41, 5.74) is 1.37. The fourth-order valence-electron chi connectivity index (χ4n) is 2.71. The molecule has 1 N–H and O–H groups in total. The number of rotatable bonds is 4. The highest BCUT2D eigenvalue weighted by Crippen LogP contribution is 2.36. The summed E-state index contributed by atoms with van der Waals surface area (Å²) in [6.45, 7) is 3.78. The second kappa shape index (κ2) is 6.40. The monoisotopic (exact) mass is 361 g/mol. The Bertz CT molecular complexity index is 890. The van der Waals surface area contributed by atoms with Crippen molar-refractivity contribution in [3.63, 3.8) is 0 Å². The molecule has 0 aliphatic carbocycles. The van der Waals surface area contributed by atoms with Crippen molar-refractivity contribution in [3.8, 4) is 5.75 Å². The number of para-hydroxylation sites is 2. The molecule has 2 aromatic rings. The molecule has 7 heteroatoms. The standard InChI is InChI=1S/C18H19NO5S/c1-12(2)13-7-9-14(10-8-13)25(22,23)19-11-17(18(20)21)24-16-6-4-3-5-15(16)19/h3-10,12,17H,11H2,1-2H3,(H,20,21)/t17-/m1/s1. The van der Waals surface area contributed by atoms with Gasteiger partial charge in [-0.2, -0.15) is 0 Å². The maximum atomic E-state index is 13.1. The molecule has 1 atom stereocenters. The summed E-state index contributed by atoms with van der Waals surface area (Å²) in [7, 11) is -3.89. The lowest BCUT2D eigenvalue weighted by molar-refractivity contribution is -0.144. The van der Waals surface area contributed by atoms with E-state index in [1.54, 1.807) is 48.5 Å². The van der Waals surface area contributed by atoms with Crippen LogP contribution in [0, 0.1) is 0 Å². The molecule has 1 heterocycles. The third kappa shape index (κ3) is 3.19. The van der Waals surface area contributed by atoms with Gasteiger partial charge in [-0.1, -0.05) is 38.1 Å². The fourth-order valence-corrected chi connectivity index (χ4v) is 4.19. The number of hydrogen-bond donors (Lipinski definition) is 1. The van der Waals surface area contributed by atoms with Crippen LogP contribution in [0.3, 0.4) is 0 Å². The molecule has 0 saturated carbocycles. The maximum absolute atomic E-state index is 13.1. The van der Waals surface area contributed by atoms with Crippen molar-refractivity contribution in [1.29, 1.82) is 0 Å². The van der Waals surface area contributed by atoms with Crippen LogP contribution >= 0.6 is 0 Å².